The molecular formula is C16H23NO2. The summed E-state index contributed by atoms with van der Waals surface area (Å²) >= 11 is 0. The number of ether oxygens (including phenoxy) is 1. The van der Waals surface area contributed by atoms with Crippen LogP contribution in [-0.2, 0) is 6.42 Å². The number of aliphatic hydroxyl groups is 1. The van der Waals surface area contributed by atoms with Crippen LogP contribution in [0.1, 0.15) is 37.7 Å². The highest BCUT2D eigenvalue weighted by molar-refractivity contribution is 5.18. The second kappa shape index (κ2) is 5.49. The Morgan fingerprint density at radius 2 is 2.26 bits per heavy atom. The van der Waals surface area contributed by atoms with Crippen LogP contribution in [0.4, 0.5) is 0 Å². The number of nitrogens with zero attached hydrogens (tertiary/aromatic N) is 1. The highest BCUT2D eigenvalue weighted by Crippen LogP contribution is 2.49. The Morgan fingerprint density at radius 1 is 1.37 bits per heavy atom. The van der Waals surface area contributed by atoms with E-state index in [9.17, 15) is 5.11 Å². The quantitative estimate of drug-likeness (QED) is 0.886. The van der Waals surface area contributed by atoms with Gasteiger partial charge in [0.05, 0.1) is 13.2 Å². The lowest BCUT2D eigenvalue weighted by Gasteiger charge is -2.24. The van der Waals surface area contributed by atoms with Crippen LogP contribution in [0.5, 0.6) is 5.88 Å². The lowest BCUT2D eigenvalue weighted by atomic mass is 9.84. The van der Waals surface area contributed by atoms with Gasteiger partial charge in [0.15, 0.2) is 0 Å². The molecule has 1 heterocycles. The van der Waals surface area contributed by atoms with Crippen LogP contribution < -0.4 is 4.74 Å². The number of aromatic nitrogens is 1. The number of methoxy groups -OCH3 is 1. The van der Waals surface area contributed by atoms with Gasteiger partial charge < -0.3 is 9.84 Å². The second-order valence-corrected chi connectivity index (χ2v) is 6.24. The van der Waals surface area contributed by atoms with E-state index in [1.165, 1.54) is 25.7 Å². The highest BCUT2D eigenvalue weighted by atomic mass is 16.5. The zero-order valence-electron chi connectivity index (χ0n) is 11.6. The molecule has 0 aliphatic heterocycles. The number of aliphatic hydroxyl groups excluding tert-OH is 1. The molecule has 1 N–H and O–H groups in total. The number of rotatable bonds is 5. The first-order valence-corrected chi connectivity index (χ1v) is 7.41. The van der Waals surface area contributed by atoms with Gasteiger partial charge in [-0.3, -0.25) is 0 Å². The summed E-state index contributed by atoms with van der Waals surface area (Å²) in [7, 11) is 1.62. The minimum Gasteiger partial charge on any atom is -0.481 e. The Kier molecular flexibility index (Phi) is 3.74. The summed E-state index contributed by atoms with van der Waals surface area (Å²) in [5, 5.41) is 10.3. The van der Waals surface area contributed by atoms with Crippen molar-refractivity contribution in [2.75, 3.05) is 7.11 Å². The average molecular weight is 261 g/mol. The fourth-order valence-electron chi connectivity index (χ4n) is 4.02. The molecule has 2 aliphatic carbocycles. The van der Waals surface area contributed by atoms with Crippen molar-refractivity contribution in [1.29, 1.82) is 0 Å². The molecule has 2 saturated carbocycles. The molecule has 0 radical (unpaired) electrons. The van der Waals surface area contributed by atoms with E-state index in [4.69, 9.17) is 4.74 Å². The third-order valence-corrected chi connectivity index (χ3v) is 4.94. The van der Waals surface area contributed by atoms with Gasteiger partial charge in [0, 0.05) is 12.3 Å². The van der Waals surface area contributed by atoms with Crippen LogP contribution in [0.2, 0.25) is 0 Å². The Morgan fingerprint density at radius 3 is 2.84 bits per heavy atom. The first-order valence-electron chi connectivity index (χ1n) is 7.41. The number of fused-ring (bicyclic) bond motifs is 2. The van der Waals surface area contributed by atoms with Gasteiger partial charge in [-0.05, 0) is 55.4 Å². The molecule has 2 bridgehead atoms. The summed E-state index contributed by atoms with van der Waals surface area (Å²) in [5.74, 6) is 3.25. The molecule has 0 aromatic carbocycles. The van der Waals surface area contributed by atoms with Crippen LogP contribution in [0.3, 0.4) is 0 Å². The van der Waals surface area contributed by atoms with Crippen molar-refractivity contribution in [2.45, 2.75) is 44.6 Å². The summed E-state index contributed by atoms with van der Waals surface area (Å²) in [6.45, 7) is 0. The van der Waals surface area contributed by atoms with E-state index in [0.717, 1.165) is 29.7 Å². The van der Waals surface area contributed by atoms with E-state index < -0.39 is 0 Å². The van der Waals surface area contributed by atoms with E-state index in [1.807, 2.05) is 18.3 Å². The SMILES string of the molecule is COc1ccc(CC(O)CC2CC3CCC2C3)cn1. The summed E-state index contributed by atoms with van der Waals surface area (Å²) < 4.78 is 5.04. The molecule has 3 heteroatoms. The largest absolute Gasteiger partial charge is 0.481 e. The lowest BCUT2D eigenvalue weighted by Crippen LogP contribution is -2.20. The summed E-state index contributed by atoms with van der Waals surface area (Å²) in [6.07, 6.45) is 8.86. The topological polar surface area (TPSA) is 42.4 Å². The van der Waals surface area contributed by atoms with Crippen molar-refractivity contribution in [3.8, 4) is 5.88 Å². The first-order chi connectivity index (χ1) is 9.24. The molecule has 3 rings (SSSR count). The molecule has 4 unspecified atom stereocenters. The predicted molar refractivity (Wildman–Crippen MR) is 74.1 cm³/mol. The van der Waals surface area contributed by atoms with Gasteiger partial charge in [-0.15, -0.1) is 0 Å². The monoisotopic (exact) mass is 261 g/mol. The molecule has 1 aromatic rings. The maximum Gasteiger partial charge on any atom is 0.212 e. The number of pyridine rings is 1. The molecule has 1 aromatic heterocycles. The van der Waals surface area contributed by atoms with E-state index >= 15 is 0 Å². The highest BCUT2D eigenvalue weighted by Gasteiger charge is 2.39. The average Bonchev–Trinajstić information content (AvgIpc) is 3.02. The third-order valence-electron chi connectivity index (χ3n) is 4.94. The molecule has 2 fully saturated rings. The first kappa shape index (κ1) is 12.9. The zero-order chi connectivity index (χ0) is 13.2. The Balaban J connectivity index is 1.51. The predicted octanol–water partition coefficient (Wildman–Crippen LogP) is 2.82. The van der Waals surface area contributed by atoms with E-state index in [0.29, 0.717) is 12.3 Å². The molecular weight excluding hydrogens is 238 g/mol. The van der Waals surface area contributed by atoms with E-state index in [1.54, 1.807) is 7.11 Å². The fourth-order valence-corrected chi connectivity index (χ4v) is 4.02. The van der Waals surface area contributed by atoms with Crippen molar-refractivity contribution in [1.82, 2.24) is 4.98 Å². The molecule has 104 valence electrons. The lowest BCUT2D eigenvalue weighted by molar-refractivity contribution is 0.124. The molecule has 19 heavy (non-hydrogen) atoms. The zero-order valence-corrected chi connectivity index (χ0v) is 11.6. The Bertz CT molecular complexity index is 417. The fraction of sp³-hybridized carbons (Fsp3) is 0.688. The van der Waals surface area contributed by atoms with E-state index in [-0.39, 0.29) is 6.10 Å². The van der Waals surface area contributed by atoms with Gasteiger partial charge in [-0.25, -0.2) is 4.98 Å². The minimum atomic E-state index is -0.223. The molecule has 4 atom stereocenters. The van der Waals surface area contributed by atoms with Crippen LogP contribution >= 0.6 is 0 Å². The number of hydrogen-bond donors (Lipinski definition) is 1. The molecule has 2 aliphatic rings. The summed E-state index contributed by atoms with van der Waals surface area (Å²) in [6, 6.07) is 3.86. The van der Waals surface area contributed by atoms with Crippen LogP contribution in [0.15, 0.2) is 18.3 Å². The van der Waals surface area contributed by atoms with Crippen molar-refractivity contribution >= 4 is 0 Å². The van der Waals surface area contributed by atoms with Crippen LogP contribution in [0.25, 0.3) is 0 Å². The van der Waals surface area contributed by atoms with Gasteiger partial charge >= 0.3 is 0 Å². The standard InChI is InChI=1S/C16H23NO2/c1-19-16-5-3-12(10-17-16)8-15(18)9-14-7-11-2-4-13(14)6-11/h3,5,10-11,13-15,18H,2,4,6-9H2,1H3. The maximum atomic E-state index is 10.3. The van der Waals surface area contributed by atoms with Crippen molar-refractivity contribution in [3.05, 3.63) is 23.9 Å². The molecule has 3 nitrogen and oxygen atoms in total. The van der Waals surface area contributed by atoms with Gasteiger partial charge in [0.1, 0.15) is 0 Å². The maximum absolute atomic E-state index is 10.3. The number of hydrogen-bond acceptors (Lipinski definition) is 3. The smallest absolute Gasteiger partial charge is 0.212 e. The van der Waals surface area contributed by atoms with Crippen LogP contribution in [0, 0.1) is 17.8 Å². The van der Waals surface area contributed by atoms with Crippen molar-refractivity contribution in [2.24, 2.45) is 17.8 Å². The van der Waals surface area contributed by atoms with Gasteiger partial charge in [0.2, 0.25) is 5.88 Å². The molecule has 0 saturated heterocycles. The van der Waals surface area contributed by atoms with Crippen molar-refractivity contribution in [3.63, 3.8) is 0 Å². The van der Waals surface area contributed by atoms with E-state index in [2.05, 4.69) is 4.98 Å². The summed E-state index contributed by atoms with van der Waals surface area (Å²) in [4.78, 5) is 4.19. The van der Waals surface area contributed by atoms with Gasteiger partial charge in [-0.1, -0.05) is 12.5 Å². The summed E-state index contributed by atoms with van der Waals surface area (Å²) in [5.41, 5.74) is 1.09. The van der Waals surface area contributed by atoms with Crippen molar-refractivity contribution < 1.29 is 9.84 Å². The Labute approximate surface area is 115 Å². The third kappa shape index (κ3) is 2.92. The molecule has 0 amide bonds. The Hall–Kier alpha value is -1.09. The minimum absolute atomic E-state index is 0.223. The second-order valence-electron chi connectivity index (χ2n) is 6.24. The molecule has 0 spiro atoms. The normalized spacial score (nSPS) is 30.5. The van der Waals surface area contributed by atoms with Gasteiger partial charge in [-0.2, -0.15) is 0 Å². The van der Waals surface area contributed by atoms with Crippen LogP contribution in [-0.4, -0.2) is 23.3 Å². The van der Waals surface area contributed by atoms with Gasteiger partial charge in [0.25, 0.3) is 0 Å².